The molecule has 1 saturated carbocycles. The zero-order valence-electron chi connectivity index (χ0n) is 13.4. The molecule has 0 bridgehead atoms. The monoisotopic (exact) mass is 284 g/mol. The molecule has 0 radical (unpaired) electrons. The van der Waals surface area contributed by atoms with Crippen LogP contribution in [0.3, 0.4) is 0 Å². The van der Waals surface area contributed by atoms with Gasteiger partial charge in [-0.3, -0.25) is 0 Å². The van der Waals surface area contributed by atoms with Crippen molar-refractivity contribution in [2.24, 2.45) is 5.92 Å². The van der Waals surface area contributed by atoms with Crippen LogP contribution in [0.25, 0.3) is 0 Å². The standard InChI is InChI=1S/C18H36O2/c19-16-12-7-5-3-1-2-4-6-11-15-18(20)17-13-9-8-10-14-17/h17-20H,1-16H2. The molecule has 0 aliphatic heterocycles. The molecule has 1 unspecified atom stereocenters. The molecule has 2 nitrogen and oxygen atoms in total. The summed E-state index contributed by atoms with van der Waals surface area (Å²) in [6.45, 7) is 0.351. The highest BCUT2D eigenvalue weighted by molar-refractivity contribution is 4.73. The predicted molar refractivity (Wildman–Crippen MR) is 85.8 cm³/mol. The molecule has 2 heteroatoms. The number of aliphatic hydroxyl groups is 2. The maximum atomic E-state index is 10.2. The van der Waals surface area contributed by atoms with E-state index >= 15 is 0 Å². The molecule has 120 valence electrons. The normalized spacial score (nSPS) is 18.3. The van der Waals surface area contributed by atoms with Gasteiger partial charge in [0.1, 0.15) is 0 Å². The second-order valence-electron chi connectivity index (χ2n) is 6.66. The van der Waals surface area contributed by atoms with E-state index in [1.807, 2.05) is 0 Å². The number of rotatable bonds is 12. The molecule has 0 spiro atoms. The van der Waals surface area contributed by atoms with Gasteiger partial charge in [0, 0.05) is 6.61 Å². The first-order valence-electron chi connectivity index (χ1n) is 9.13. The van der Waals surface area contributed by atoms with E-state index in [0.29, 0.717) is 12.5 Å². The van der Waals surface area contributed by atoms with Crippen LogP contribution >= 0.6 is 0 Å². The van der Waals surface area contributed by atoms with Crippen molar-refractivity contribution in [3.05, 3.63) is 0 Å². The highest BCUT2D eigenvalue weighted by atomic mass is 16.3. The highest BCUT2D eigenvalue weighted by Gasteiger charge is 2.20. The van der Waals surface area contributed by atoms with Gasteiger partial charge in [-0.1, -0.05) is 70.6 Å². The summed E-state index contributed by atoms with van der Waals surface area (Å²) in [4.78, 5) is 0. The van der Waals surface area contributed by atoms with Crippen molar-refractivity contribution in [2.75, 3.05) is 6.61 Å². The van der Waals surface area contributed by atoms with Crippen molar-refractivity contribution in [2.45, 2.75) is 102 Å². The van der Waals surface area contributed by atoms with Gasteiger partial charge in [0.05, 0.1) is 6.10 Å². The van der Waals surface area contributed by atoms with Crippen LogP contribution in [-0.4, -0.2) is 22.9 Å². The summed E-state index contributed by atoms with van der Waals surface area (Å²) in [6.07, 6.45) is 18.8. The molecular weight excluding hydrogens is 248 g/mol. The average Bonchev–Trinajstić information content (AvgIpc) is 2.50. The van der Waals surface area contributed by atoms with Crippen LogP contribution in [0.2, 0.25) is 0 Å². The van der Waals surface area contributed by atoms with Gasteiger partial charge in [-0.05, 0) is 31.6 Å². The summed E-state index contributed by atoms with van der Waals surface area (Å²) in [6, 6.07) is 0. The van der Waals surface area contributed by atoms with Crippen molar-refractivity contribution in [3.63, 3.8) is 0 Å². The lowest BCUT2D eigenvalue weighted by molar-refractivity contribution is 0.0748. The minimum absolute atomic E-state index is 0.0196. The first-order chi connectivity index (χ1) is 9.84. The van der Waals surface area contributed by atoms with E-state index in [0.717, 1.165) is 12.8 Å². The Kier molecular flexibility index (Phi) is 11.4. The van der Waals surface area contributed by atoms with Gasteiger partial charge in [0.25, 0.3) is 0 Å². The maximum Gasteiger partial charge on any atom is 0.0568 e. The van der Waals surface area contributed by atoms with Gasteiger partial charge in [0.2, 0.25) is 0 Å². The van der Waals surface area contributed by atoms with Crippen molar-refractivity contribution in [3.8, 4) is 0 Å². The fourth-order valence-electron chi connectivity index (χ4n) is 3.46. The molecule has 0 saturated heterocycles. The molecule has 1 aliphatic carbocycles. The van der Waals surface area contributed by atoms with E-state index in [4.69, 9.17) is 5.11 Å². The summed E-state index contributed by atoms with van der Waals surface area (Å²) in [5, 5.41) is 18.9. The van der Waals surface area contributed by atoms with E-state index in [1.165, 1.54) is 83.5 Å². The lowest BCUT2D eigenvalue weighted by Crippen LogP contribution is -2.22. The Balaban J connectivity index is 1.82. The predicted octanol–water partition coefficient (Wildman–Crippen LogP) is 4.82. The number of hydrogen-bond acceptors (Lipinski definition) is 2. The molecule has 2 N–H and O–H groups in total. The largest absolute Gasteiger partial charge is 0.396 e. The fraction of sp³-hybridized carbons (Fsp3) is 1.00. The van der Waals surface area contributed by atoms with Crippen molar-refractivity contribution < 1.29 is 10.2 Å². The molecule has 0 heterocycles. The van der Waals surface area contributed by atoms with Crippen molar-refractivity contribution in [1.29, 1.82) is 0 Å². The summed E-state index contributed by atoms with van der Waals surface area (Å²) in [5.41, 5.74) is 0. The fourth-order valence-corrected chi connectivity index (χ4v) is 3.46. The van der Waals surface area contributed by atoms with Crippen LogP contribution < -0.4 is 0 Å². The van der Waals surface area contributed by atoms with Crippen LogP contribution in [0.15, 0.2) is 0 Å². The second kappa shape index (κ2) is 12.6. The Labute approximate surface area is 126 Å². The Morgan fingerprint density at radius 1 is 0.700 bits per heavy atom. The van der Waals surface area contributed by atoms with Gasteiger partial charge < -0.3 is 10.2 Å². The number of hydrogen-bond donors (Lipinski definition) is 2. The molecule has 0 amide bonds. The zero-order chi connectivity index (χ0) is 14.5. The highest BCUT2D eigenvalue weighted by Crippen LogP contribution is 2.28. The quantitative estimate of drug-likeness (QED) is 0.504. The molecule has 1 fully saturated rings. The molecule has 20 heavy (non-hydrogen) atoms. The smallest absolute Gasteiger partial charge is 0.0568 e. The SMILES string of the molecule is OCCCCCCCCCCCC(O)C1CCCCC1. The van der Waals surface area contributed by atoms with Crippen LogP contribution in [-0.2, 0) is 0 Å². The van der Waals surface area contributed by atoms with Crippen LogP contribution in [0, 0.1) is 5.92 Å². The molecule has 0 aromatic carbocycles. The van der Waals surface area contributed by atoms with E-state index in [-0.39, 0.29) is 6.10 Å². The Bertz CT molecular complexity index is 200. The van der Waals surface area contributed by atoms with Gasteiger partial charge in [-0.15, -0.1) is 0 Å². The minimum Gasteiger partial charge on any atom is -0.396 e. The third kappa shape index (κ3) is 8.97. The van der Waals surface area contributed by atoms with Gasteiger partial charge >= 0.3 is 0 Å². The lowest BCUT2D eigenvalue weighted by Gasteiger charge is -2.26. The summed E-state index contributed by atoms with van der Waals surface area (Å²) < 4.78 is 0. The van der Waals surface area contributed by atoms with E-state index in [1.54, 1.807) is 0 Å². The van der Waals surface area contributed by atoms with Gasteiger partial charge in [-0.25, -0.2) is 0 Å². The molecule has 1 aliphatic rings. The molecule has 0 aromatic heterocycles. The van der Waals surface area contributed by atoms with Crippen LogP contribution in [0.1, 0.15) is 96.3 Å². The number of aliphatic hydroxyl groups excluding tert-OH is 2. The average molecular weight is 284 g/mol. The molecular formula is C18H36O2. The molecule has 1 atom stereocenters. The first kappa shape index (κ1) is 18.0. The minimum atomic E-state index is -0.0196. The zero-order valence-corrected chi connectivity index (χ0v) is 13.4. The third-order valence-electron chi connectivity index (χ3n) is 4.85. The van der Waals surface area contributed by atoms with Gasteiger partial charge in [-0.2, -0.15) is 0 Å². The van der Waals surface area contributed by atoms with E-state index in [2.05, 4.69) is 0 Å². The number of unbranched alkanes of at least 4 members (excludes halogenated alkanes) is 8. The second-order valence-corrected chi connectivity index (χ2v) is 6.66. The third-order valence-corrected chi connectivity index (χ3v) is 4.85. The Morgan fingerprint density at radius 2 is 1.20 bits per heavy atom. The first-order valence-corrected chi connectivity index (χ1v) is 9.13. The van der Waals surface area contributed by atoms with Crippen LogP contribution in [0.5, 0.6) is 0 Å². The van der Waals surface area contributed by atoms with Crippen molar-refractivity contribution in [1.82, 2.24) is 0 Å². The van der Waals surface area contributed by atoms with E-state index in [9.17, 15) is 5.11 Å². The van der Waals surface area contributed by atoms with Crippen LogP contribution in [0.4, 0.5) is 0 Å². The molecule has 1 rings (SSSR count). The Hall–Kier alpha value is -0.0800. The maximum absolute atomic E-state index is 10.2. The lowest BCUT2D eigenvalue weighted by atomic mass is 9.83. The summed E-state index contributed by atoms with van der Waals surface area (Å²) in [5.74, 6) is 0.607. The Morgan fingerprint density at radius 3 is 1.75 bits per heavy atom. The topological polar surface area (TPSA) is 40.5 Å². The summed E-state index contributed by atoms with van der Waals surface area (Å²) in [7, 11) is 0. The summed E-state index contributed by atoms with van der Waals surface area (Å²) >= 11 is 0. The van der Waals surface area contributed by atoms with Gasteiger partial charge in [0.15, 0.2) is 0 Å². The molecule has 0 aromatic rings. The van der Waals surface area contributed by atoms with Crippen molar-refractivity contribution >= 4 is 0 Å². The van der Waals surface area contributed by atoms with E-state index < -0.39 is 0 Å².